The first kappa shape index (κ1) is 18.1. The average Bonchev–Trinajstić information content (AvgIpc) is 2.59. The van der Waals surface area contributed by atoms with Crippen molar-refractivity contribution in [2.24, 2.45) is 11.8 Å². The van der Waals surface area contributed by atoms with E-state index in [2.05, 4.69) is 10.9 Å². The van der Waals surface area contributed by atoms with Crippen LogP contribution < -0.4 is 20.7 Å². The number of aliphatic carboxylic acids is 1. The summed E-state index contributed by atoms with van der Waals surface area (Å²) in [6.07, 6.45) is 2.38. The second-order valence-electron chi connectivity index (χ2n) is 5.57. The molecule has 1 aliphatic rings. The molecule has 2 amide bonds. The topological polar surface area (TPSA) is 108 Å². The van der Waals surface area contributed by atoms with Crippen molar-refractivity contribution in [1.82, 2.24) is 10.9 Å². The molecule has 0 saturated heterocycles. The van der Waals surface area contributed by atoms with Crippen LogP contribution >= 0.6 is 11.6 Å². The van der Waals surface area contributed by atoms with Gasteiger partial charge < -0.3 is 14.6 Å². The van der Waals surface area contributed by atoms with Crippen LogP contribution in [0.3, 0.4) is 0 Å². The number of carboxylic acid groups (broad SMARTS) is 1. The van der Waals surface area contributed by atoms with Gasteiger partial charge in [-0.2, -0.15) is 0 Å². The minimum Gasteiger partial charge on any atom is -0.550 e. The van der Waals surface area contributed by atoms with Gasteiger partial charge in [0.2, 0.25) is 5.91 Å². The lowest BCUT2D eigenvalue weighted by atomic mass is 9.79. The number of hydrogen-bond acceptors (Lipinski definition) is 5. The number of para-hydroxylation sites is 1. The van der Waals surface area contributed by atoms with E-state index in [0.717, 1.165) is 12.8 Å². The van der Waals surface area contributed by atoms with E-state index in [4.69, 9.17) is 16.3 Å². The molecule has 0 bridgehead atoms. The SMILES string of the molecule is O=C(COc1ccccc1Cl)NNC(=O)[C@@H]1CCCC[C@@H]1C(=O)[O-]. The molecule has 2 rings (SSSR count). The van der Waals surface area contributed by atoms with Crippen molar-refractivity contribution in [2.75, 3.05) is 6.61 Å². The highest BCUT2D eigenvalue weighted by Crippen LogP contribution is 2.29. The van der Waals surface area contributed by atoms with Gasteiger partial charge >= 0.3 is 0 Å². The number of carboxylic acids is 1. The second-order valence-corrected chi connectivity index (χ2v) is 5.98. The first-order valence-electron chi connectivity index (χ1n) is 7.66. The van der Waals surface area contributed by atoms with Crippen LogP contribution in [0.5, 0.6) is 5.75 Å². The van der Waals surface area contributed by atoms with Crippen LogP contribution in [0.2, 0.25) is 5.02 Å². The fraction of sp³-hybridized carbons (Fsp3) is 0.438. The largest absolute Gasteiger partial charge is 0.550 e. The quantitative estimate of drug-likeness (QED) is 0.746. The van der Waals surface area contributed by atoms with Gasteiger partial charge in [0, 0.05) is 17.8 Å². The predicted molar refractivity (Wildman–Crippen MR) is 83.7 cm³/mol. The number of halogens is 1. The van der Waals surface area contributed by atoms with Gasteiger partial charge in [0.1, 0.15) is 5.75 Å². The minimum atomic E-state index is -1.23. The molecule has 0 radical (unpaired) electrons. The molecule has 1 aromatic carbocycles. The van der Waals surface area contributed by atoms with Crippen molar-refractivity contribution in [2.45, 2.75) is 25.7 Å². The van der Waals surface area contributed by atoms with Gasteiger partial charge in [-0.25, -0.2) is 0 Å². The smallest absolute Gasteiger partial charge is 0.276 e. The second kappa shape index (κ2) is 8.54. The summed E-state index contributed by atoms with van der Waals surface area (Å²) < 4.78 is 5.24. The molecule has 1 fully saturated rings. The Balaban J connectivity index is 1.79. The van der Waals surface area contributed by atoms with Crippen molar-refractivity contribution in [3.8, 4) is 5.75 Å². The van der Waals surface area contributed by atoms with E-state index in [9.17, 15) is 19.5 Å². The van der Waals surface area contributed by atoms with Gasteiger partial charge in [-0.3, -0.25) is 20.4 Å². The Kier molecular flexibility index (Phi) is 6.43. The van der Waals surface area contributed by atoms with E-state index in [-0.39, 0.29) is 6.61 Å². The highest BCUT2D eigenvalue weighted by molar-refractivity contribution is 6.32. The lowest BCUT2D eigenvalue weighted by molar-refractivity contribution is -0.314. The van der Waals surface area contributed by atoms with E-state index in [1.807, 2.05) is 0 Å². The van der Waals surface area contributed by atoms with Crippen molar-refractivity contribution in [3.05, 3.63) is 29.3 Å². The number of carbonyl (C=O) groups is 3. The fourth-order valence-electron chi connectivity index (χ4n) is 2.69. The van der Waals surface area contributed by atoms with Gasteiger partial charge in [0.05, 0.1) is 5.02 Å². The zero-order chi connectivity index (χ0) is 17.5. The van der Waals surface area contributed by atoms with Crippen molar-refractivity contribution >= 4 is 29.4 Å². The number of ether oxygens (including phenoxy) is 1. The molecule has 1 aromatic rings. The molecule has 0 aromatic heterocycles. The number of hydrogen-bond donors (Lipinski definition) is 2. The van der Waals surface area contributed by atoms with Gasteiger partial charge in [0.15, 0.2) is 6.61 Å². The van der Waals surface area contributed by atoms with Crippen LogP contribution in [0.4, 0.5) is 0 Å². The van der Waals surface area contributed by atoms with Crippen molar-refractivity contribution in [3.63, 3.8) is 0 Å². The Morgan fingerprint density at radius 1 is 1.12 bits per heavy atom. The van der Waals surface area contributed by atoms with Crippen LogP contribution in [0.1, 0.15) is 25.7 Å². The van der Waals surface area contributed by atoms with Gasteiger partial charge in [-0.15, -0.1) is 0 Å². The molecule has 1 saturated carbocycles. The van der Waals surface area contributed by atoms with Crippen LogP contribution in [-0.2, 0) is 14.4 Å². The maximum atomic E-state index is 12.1. The molecule has 2 atom stereocenters. The number of hydrazine groups is 1. The molecule has 130 valence electrons. The van der Waals surface area contributed by atoms with Crippen LogP contribution in [0.25, 0.3) is 0 Å². The molecule has 0 unspecified atom stereocenters. The molecule has 1 aliphatic carbocycles. The third-order valence-electron chi connectivity index (χ3n) is 3.93. The van der Waals surface area contributed by atoms with E-state index in [1.54, 1.807) is 24.3 Å². The third-order valence-corrected chi connectivity index (χ3v) is 4.24. The van der Waals surface area contributed by atoms with Gasteiger partial charge in [-0.1, -0.05) is 36.6 Å². The molecular weight excluding hydrogens is 336 g/mol. The number of benzene rings is 1. The number of carbonyl (C=O) groups excluding carboxylic acids is 3. The molecule has 2 N–H and O–H groups in total. The lowest BCUT2D eigenvalue weighted by Gasteiger charge is -2.31. The van der Waals surface area contributed by atoms with Gasteiger partial charge in [-0.05, 0) is 25.0 Å². The van der Waals surface area contributed by atoms with Crippen LogP contribution in [-0.4, -0.2) is 24.4 Å². The Labute approximate surface area is 144 Å². The molecule has 0 aliphatic heterocycles. The molecule has 7 nitrogen and oxygen atoms in total. The lowest BCUT2D eigenvalue weighted by Crippen LogP contribution is -2.50. The molecular formula is C16H18ClN2O5-. The van der Waals surface area contributed by atoms with Crippen molar-refractivity contribution in [1.29, 1.82) is 0 Å². The highest BCUT2D eigenvalue weighted by atomic mass is 35.5. The van der Waals surface area contributed by atoms with Crippen LogP contribution in [0, 0.1) is 11.8 Å². The Morgan fingerprint density at radius 3 is 2.46 bits per heavy atom. The maximum absolute atomic E-state index is 12.1. The van der Waals surface area contributed by atoms with E-state index in [0.29, 0.717) is 23.6 Å². The number of nitrogens with one attached hydrogen (secondary N) is 2. The van der Waals surface area contributed by atoms with E-state index < -0.39 is 29.6 Å². The average molecular weight is 354 g/mol. The maximum Gasteiger partial charge on any atom is 0.276 e. The summed E-state index contributed by atoms with van der Waals surface area (Å²) >= 11 is 5.89. The number of rotatable bonds is 5. The van der Waals surface area contributed by atoms with Crippen molar-refractivity contribution < 1.29 is 24.2 Å². The minimum absolute atomic E-state index is 0.335. The summed E-state index contributed by atoms with van der Waals surface area (Å²) in [7, 11) is 0. The van der Waals surface area contributed by atoms with E-state index in [1.165, 1.54) is 0 Å². The summed E-state index contributed by atoms with van der Waals surface area (Å²) in [4.78, 5) is 34.9. The first-order valence-corrected chi connectivity index (χ1v) is 8.03. The third kappa shape index (κ3) is 4.86. The summed E-state index contributed by atoms with van der Waals surface area (Å²) in [6, 6.07) is 6.68. The van der Waals surface area contributed by atoms with Gasteiger partial charge in [0.25, 0.3) is 5.91 Å². The number of amides is 2. The Bertz CT molecular complexity index is 622. The van der Waals surface area contributed by atoms with E-state index >= 15 is 0 Å². The normalized spacial score (nSPS) is 20.0. The molecule has 0 heterocycles. The molecule has 0 spiro atoms. The Hall–Kier alpha value is -2.28. The zero-order valence-corrected chi connectivity index (χ0v) is 13.7. The standard InChI is InChI=1S/C16H19ClN2O5/c17-12-7-3-4-8-13(12)24-9-14(20)18-19-15(21)10-5-1-2-6-11(10)16(22)23/h3-4,7-8,10-11H,1-2,5-6,9H2,(H,18,20)(H,19,21)(H,22,23)/p-1/t10-,11+/m1/s1. The predicted octanol–water partition coefficient (Wildman–Crippen LogP) is 0.422. The summed E-state index contributed by atoms with van der Waals surface area (Å²) in [6.45, 7) is -0.335. The van der Waals surface area contributed by atoms with Crippen LogP contribution in [0.15, 0.2) is 24.3 Å². The molecule has 24 heavy (non-hydrogen) atoms. The highest BCUT2D eigenvalue weighted by Gasteiger charge is 2.31. The Morgan fingerprint density at radius 2 is 1.79 bits per heavy atom. The summed E-state index contributed by atoms with van der Waals surface area (Å²) in [5.41, 5.74) is 4.45. The summed E-state index contributed by atoms with van der Waals surface area (Å²) in [5, 5.41) is 11.5. The monoisotopic (exact) mass is 353 g/mol. The first-order chi connectivity index (χ1) is 11.5. The fourth-order valence-corrected chi connectivity index (χ4v) is 2.88. The summed E-state index contributed by atoms with van der Waals surface area (Å²) in [5.74, 6) is -3.52. The zero-order valence-electron chi connectivity index (χ0n) is 12.9. The molecule has 8 heteroatoms.